The molecule has 1 amide bonds. The van der Waals surface area contributed by atoms with Crippen LogP contribution < -0.4 is 15.7 Å². The first-order chi connectivity index (χ1) is 13.5. The fraction of sp³-hybridized carbons (Fsp3) is 0.273. The zero-order chi connectivity index (χ0) is 20.1. The first-order valence-corrected chi connectivity index (χ1v) is 9.18. The molecule has 3 aromatic rings. The molecule has 0 spiro atoms. The summed E-state index contributed by atoms with van der Waals surface area (Å²) >= 11 is 0. The number of aliphatic hydroxyl groups is 1. The Bertz CT molecular complexity index is 1030. The Hall–Kier alpha value is -3.12. The Morgan fingerprint density at radius 2 is 1.96 bits per heavy atom. The minimum absolute atomic E-state index is 0.0949. The Morgan fingerprint density at radius 1 is 1.21 bits per heavy atom. The van der Waals surface area contributed by atoms with Crippen LogP contribution in [-0.4, -0.2) is 24.2 Å². The van der Waals surface area contributed by atoms with E-state index >= 15 is 0 Å². The molecular formula is C22H23NO5. The number of aliphatic hydroxyl groups excluding tert-OH is 1. The largest absolute Gasteiger partial charge is 0.483 e. The minimum atomic E-state index is -0.783. The van der Waals surface area contributed by atoms with Crippen LogP contribution in [-0.2, 0) is 11.2 Å². The highest BCUT2D eigenvalue weighted by Gasteiger charge is 2.13. The van der Waals surface area contributed by atoms with Crippen molar-refractivity contribution in [2.45, 2.75) is 26.4 Å². The topological polar surface area (TPSA) is 88.8 Å². The summed E-state index contributed by atoms with van der Waals surface area (Å²) in [4.78, 5) is 23.8. The Kier molecular flexibility index (Phi) is 6.11. The summed E-state index contributed by atoms with van der Waals surface area (Å²) in [6.07, 6.45) is -0.0669. The molecule has 2 aromatic carbocycles. The van der Waals surface area contributed by atoms with Crippen molar-refractivity contribution in [3.63, 3.8) is 0 Å². The smallest absolute Gasteiger partial charge is 0.336 e. The van der Waals surface area contributed by atoms with Crippen LogP contribution in [0.2, 0.25) is 0 Å². The van der Waals surface area contributed by atoms with Gasteiger partial charge in [0, 0.05) is 23.6 Å². The van der Waals surface area contributed by atoms with Crippen LogP contribution in [0.1, 0.15) is 29.7 Å². The Balaban J connectivity index is 1.64. The lowest BCUT2D eigenvalue weighted by Gasteiger charge is -2.14. The lowest BCUT2D eigenvalue weighted by atomic mass is 10.0. The first kappa shape index (κ1) is 19.6. The molecule has 0 aliphatic carbocycles. The van der Waals surface area contributed by atoms with Crippen LogP contribution in [0, 0.1) is 6.92 Å². The van der Waals surface area contributed by atoms with Crippen LogP contribution in [0.15, 0.2) is 57.7 Å². The number of fused-ring (bicyclic) bond motifs is 1. The molecule has 3 rings (SSSR count). The van der Waals surface area contributed by atoms with Crippen molar-refractivity contribution in [1.29, 1.82) is 0 Å². The maximum Gasteiger partial charge on any atom is 0.336 e. The van der Waals surface area contributed by atoms with Crippen molar-refractivity contribution in [2.75, 3.05) is 13.2 Å². The van der Waals surface area contributed by atoms with Crippen LogP contribution >= 0.6 is 0 Å². The summed E-state index contributed by atoms with van der Waals surface area (Å²) in [7, 11) is 0. The quantitative estimate of drug-likeness (QED) is 0.615. The third-order valence-electron chi connectivity index (χ3n) is 4.61. The van der Waals surface area contributed by atoms with Crippen molar-refractivity contribution in [3.8, 4) is 5.75 Å². The van der Waals surface area contributed by atoms with Crippen molar-refractivity contribution in [1.82, 2.24) is 5.32 Å². The third kappa shape index (κ3) is 4.40. The number of hydrogen-bond donors (Lipinski definition) is 2. The molecule has 0 saturated heterocycles. The fourth-order valence-electron chi connectivity index (χ4n) is 3.05. The van der Waals surface area contributed by atoms with Gasteiger partial charge in [-0.3, -0.25) is 4.79 Å². The number of amides is 1. The van der Waals surface area contributed by atoms with E-state index in [1.54, 1.807) is 25.1 Å². The number of aryl methyl sites for hydroxylation is 2. The van der Waals surface area contributed by atoms with Crippen LogP contribution in [0.3, 0.4) is 0 Å². The van der Waals surface area contributed by atoms with Crippen LogP contribution in [0.4, 0.5) is 0 Å². The van der Waals surface area contributed by atoms with Crippen molar-refractivity contribution in [2.24, 2.45) is 0 Å². The number of benzene rings is 2. The van der Waals surface area contributed by atoms with Gasteiger partial charge in [-0.1, -0.05) is 37.3 Å². The third-order valence-corrected chi connectivity index (χ3v) is 4.61. The average Bonchev–Trinajstić information content (AvgIpc) is 2.72. The van der Waals surface area contributed by atoms with Gasteiger partial charge in [0.15, 0.2) is 6.61 Å². The molecule has 146 valence electrons. The molecule has 28 heavy (non-hydrogen) atoms. The van der Waals surface area contributed by atoms with Gasteiger partial charge in [0.1, 0.15) is 11.3 Å². The van der Waals surface area contributed by atoms with Crippen LogP contribution in [0.5, 0.6) is 5.75 Å². The van der Waals surface area contributed by atoms with E-state index < -0.39 is 11.7 Å². The second-order valence-electron chi connectivity index (χ2n) is 6.53. The van der Waals surface area contributed by atoms with Gasteiger partial charge in [-0.15, -0.1) is 0 Å². The number of carbonyl (C=O) groups excluding carboxylic acids is 1. The first-order valence-electron chi connectivity index (χ1n) is 9.18. The predicted octanol–water partition coefficient (Wildman–Crippen LogP) is 2.89. The molecule has 6 heteroatoms. The zero-order valence-electron chi connectivity index (χ0n) is 15.9. The number of carbonyl (C=O) groups is 1. The van der Waals surface area contributed by atoms with E-state index in [2.05, 4.69) is 5.32 Å². The average molecular weight is 381 g/mol. The highest BCUT2D eigenvalue weighted by molar-refractivity contribution is 5.85. The number of nitrogens with one attached hydrogen (secondary N) is 1. The van der Waals surface area contributed by atoms with E-state index in [0.717, 1.165) is 16.5 Å². The van der Waals surface area contributed by atoms with Gasteiger partial charge < -0.3 is 19.6 Å². The molecule has 2 N–H and O–H groups in total. The Labute approximate surface area is 162 Å². The SMILES string of the molecule is CCc1cc(=O)oc2c(C)c(OCC(=O)NC[C@@H](O)c3ccccc3)ccc12. The second-order valence-corrected chi connectivity index (χ2v) is 6.53. The molecule has 0 radical (unpaired) electrons. The lowest BCUT2D eigenvalue weighted by molar-refractivity contribution is -0.123. The van der Waals surface area contributed by atoms with E-state index in [0.29, 0.717) is 23.3 Å². The van der Waals surface area contributed by atoms with Gasteiger partial charge in [-0.2, -0.15) is 0 Å². The van der Waals surface area contributed by atoms with Crippen molar-refractivity contribution < 1.29 is 19.1 Å². The molecule has 0 aliphatic rings. The van der Waals surface area contributed by atoms with E-state index in [4.69, 9.17) is 9.15 Å². The highest BCUT2D eigenvalue weighted by Crippen LogP contribution is 2.28. The van der Waals surface area contributed by atoms with Gasteiger partial charge in [-0.05, 0) is 36.6 Å². The second kappa shape index (κ2) is 8.71. The molecule has 0 fully saturated rings. The molecule has 0 bridgehead atoms. The molecule has 1 aromatic heterocycles. The lowest BCUT2D eigenvalue weighted by Crippen LogP contribution is -2.32. The van der Waals surface area contributed by atoms with Gasteiger partial charge in [0.25, 0.3) is 5.91 Å². The summed E-state index contributed by atoms with van der Waals surface area (Å²) in [6, 6.07) is 14.2. The molecule has 0 saturated carbocycles. The van der Waals surface area contributed by atoms with Crippen LogP contribution in [0.25, 0.3) is 11.0 Å². The maximum absolute atomic E-state index is 12.1. The van der Waals surface area contributed by atoms with Gasteiger partial charge in [0.2, 0.25) is 0 Å². The van der Waals surface area contributed by atoms with E-state index in [9.17, 15) is 14.7 Å². The molecule has 1 heterocycles. The van der Waals surface area contributed by atoms with E-state index in [1.807, 2.05) is 31.2 Å². The monoisotopic (exact) mass is 381 g/mol. The van der Waals surface area contributed by atoms with E-state index in [1.165, 1.54) is 6.07 Å². The minimum Gasteiger partial charge on any atom is -0.483 e. The van der Waals surface area contributed by atoms with Gasteiger partial charge >= 0.3 is 5.63 Å². The predicted molar refractivity (Wildman–Crippen MR) is 107 cm³/mol. The van der Waals surface area contributed by atoms with Crippen molar-refractivity contribution in [3.05, 3.63) is 75.6 Å². The summed E-state index contributed by atoms with van der Waals surface area (Å²) < 4.78 is 10.9. The summed E-state index contributed by atoms with van der Waals surface area (Å²) in [6.45, 7) is 3.66. The molecule has 6 nitrogen and oxygen atoms in total. The standard InChI is InChI=1S/C22H23NO5/c1-3-15-11-21(26)28-22-14(2)19(10-9-17(15)22)27-13-20(25)23-12-18(24)16-7-5-4-6-8-16/h4-11,18,24H,3,12-13H2,1-2H3,(H,23,25)/t18-/m1/s1. The van der Waals surface area contributed by atoms with Crippen molar-refractivity contribution >= 4 is 16.9 Å². The Morgan fingerprint density at radius 3 is 2.68 bits per heavy atom. The molecule has 1 atom stereocenters. The number of ether oxygens (including phenoxy) is 1. The van der Waals surface area contributed by atoms with E-state index in [-0.39, 0.29) is 19.1 Å². The zero-order valence-corrected chi connectivity index (χ0v) is 15.9. The number of hydrogen-bond acceptors (Lipinski definition) is 5. The molecule has 0 unspecified atom stereocenters. The maximum atomic E-state index is 12.1. The summed E-state index contributed by atoms with van der Waals surface area (Å²) in [5.41, 5.74) is 2.38. The highest BCUT2D eigenvalue weighted by atomic mass is 16.5. The summed E-state index contributed by atoms with van der Waals surface area (Å²) in [5.74, 6) is 0.126. The van der Waals surface area contributed by atoms with Gasteiger partial charge in [-0.25, -0.2) is 4.79 Å². The molecule has 0 aliphatic heterocycles. The van der Waals surface area contributed by atoms with Gasteiger partial charge in [0.05, 0.1) is 6.10 Å². The number of rotatable bonds is 7. The summed E-state index contributed by atoms with van der Waals surface area (Å²) in [5, 5.41) is 13.6. The molecular weight excluding hydrogens is 358 g/mol. The normalized spacial score (nSPS) is 12.0. The fourth-order valence-corrected chi connectivity index (χ4v) is 3.05.